The van der Waals surface area contributed by atoms with Crippen molar-refractivity contribution in [2.75, 3.05) is 18.5 Å². The Morgan fingerprint density at radius 3 is 2.50 bits per heavy atom. The summed E-state index contributed by atoms with van der Waals surface area (Å²) in [6.45, 7) is 3.62. The molecule has 1 aliphatic rings. The minimum absolute atomic E-state index is 0.125. The smallest absolute Gasteiger partial charge is 0.283 e. The molecule has 7 heteroatoms. The number of nitrogens with zero attached hydrogens (tertiary/aromatic N) is 3. The monoisotopic (exact) mass is 378 g/mol. The number of hydrogen-bond acceptors (Lipinski definition) is 5. The van der Waals surface area contributed by atoms with Gasteiger partial charge in [-0.25, -0.2) is 5.01 Å². The molecule has 0 fully saturated rings. The highest BCUT2D eigenvalue weighted by molar-refractivity contribution is 6.02. The number of hydrazone groups is 1. The molecule has 1 N–H and O–H groups in total. The summed E-state index contributed by atoms with van der Waals surface area (Å²) in [5.74, 6) is -0.358. The van der Waals surface area contributed by atoms with Gasteiger partial charge in [0.05, 0.1) is 18.0 Å². The number of nitrogens with one attached hydrogen (secondary N) is 1. The molecule has 1 heterocycles. The predicted molar refractivity (Wildman–Crippen MR) is 108 cm³/mol. The first kappa shape index (κ1) is 19.3. The van der Waals surface area contributed by atoms with Crippen LogP contribution in [-0.4, -0.2) is 41.4 Å². The minimum atomic E-state index is -0.233. The van der Waals surface area contributed by atoms with Crippen LogP contribution in [0.3, 0.4) is 0 Å². The molecule has 0 aliphatic carbocycles. The van der Waals surface area contributed by atoms with E-state index in [9.17, 15) is 9.59 Å². The van der Waals surface area contributed by atoms with Crippen LogP contribution < -0.4 is 5.32 Å². The van der Waals surface area contributed by atoms with Crippen LogP contribution in [0.5, 0.6) is 0 Å². The van der Waals surface area contributed by atoms with E-state index in [0.29, 0.717) is 17.9 Å². The fourth-order valence-electron chi connectivity index (χ4n) is 2.78. The quantitative estimate of drug-likeness (QED) is 0.619. The molecule has 0 radical (unpaired) electrons. The van der Waals surface area contributed by atoms with Crippen molar-refractivity contribution in [3.05, 3.63) is 65.7 Å². The Morgan fingerprint density at radius 2 is 1.82 bits per heavy atom. The largest absolute Gasteiger partial charge is 0.385 e. The van der Waals surface area contributed by atoms with E-state index in [-0.39, 0.29) is 18.4 Å². The maximum Gasteiger partial charge on any atom is 0.283 e. The number of hydrogen-bond donors (Lipinski definition) is 1. The zero-order valence-corrected chi connectivity index (χ0v) is 15.9. The van der Waals surface area contributed by atoms with Crippen LogP contribution in [-0.2, 0) is 14.4 Å². The van der Waals surface area contributed by atoms with Crippen LogP contribution >= 0.6 is 0 Å². The van der Waals surface area contributed by atoms with Gasteiger partial charge in [-0.05, 0) is 30.2 Å². The molecule has 2 aromatic carbocycles. The third-order valence-electron chi connectivity index (χ3n) is 4.21. The Labute approximate surface area is 163 Å². The second kappa shape index (κ2) is 8.94. The second-order valence-corrected chi connectivity index (χ2v) is 6.39. The summed E-state index contributed by atoms with van der Waals surface area (Å²) in [6.07, 6.45) is 0.721. The predicted octanol–water partition coefficient (Wildman–Crippen LogP) is 3.02. The SMILES string of the molecule is CC(=O)Nc1ccc(/C(C)=N/OCC(=O)N2CCC(c3ccccc3)=N2)cc1. The highest BCUT2D eigenvalue weighted by Gasteiger charge is 2.21. The molecule has 7 nitrogen and oxygen atoms in total. The van der Waals surface area contributed by atoms with Gasteiger partial charge in [0.15, 0.2) is 6.61 Å². The van der Waals surface area contributed by atoms with Crippen molar-refractivity contribution in [2.45, 2.75) is 20.3 Å². The molecule has 0 aromatic heterocycles. The summed E-state index contributed by atoms with van der Waals surface area (Å²) in [7, 11) is 0. The molecule has 0 spiro atoms. The summed E-state index contributed by atoms with van der Waals surface area (Å²) in [5, 5.41) is 12.5. The van der Waals surface area contributed by atoms with Gasteiger partial charge < -0.3 is 10.2 Å². The number of amides is 2. The summed E-state index contributed by atoms with van der Waals surface area (Å²) >= 11 is 0. The van der Waals surface area contributed by atoms with Crippen molar-refractivity contribution >= 4 is 28.9 Å². The summed E-state index contributed by atoms with van der Waals surface area (Å²) in [5.41, 5.74) is 4.11. The maximum atomic E-state index is 12.3. The molecule has 144 valence electrons. The van der Waals surface area contributed by atoms with Crippen molar-refractivity contribution < 1.29 is 14.4 Å². The summed E-state index contributed by atoms with van der Waals surface area (Å²) in [4.78, 5) is 28.5. The van der Waals surface area contributed by atoms with Gasteiger partial charge in [-0.1, -0.05) is 47.6 Å². The van der Waals surface area contributed by atoms with E-state index in [0.717, 1.165) is 23.3 Å². The Bertz CT molecular complexity index is 905. The number of carbonyl (C=O) groups excluding carboxylic acids is 2. The van der Waals surface area contributed by atoms with Gasteiger partial charge in [-0.2, -0.15) is 5.10 Å². The van der Waals surface area contributed by atoms with Crippen molar-refractivity contribution in [1.29, 1.82) is 0 Å². The minimum Gasteiger partial charge on any atom is -0.385 e. The molecule has 0 saturated heterocycles. The number of rotatable bonds is 6. The number of anilines is 1. The molecular formula is C21H22N4O3. The van der Waals surface area contributed by atoms with Gasteiger partial charge in [-0.3, -0.25) is 9.59 Å². The molecule has 0 bridgehead atoms. The highest BCUT2D eigenvalue weighted by atomic mass is 16.6. The van der Waals surface area contributed by atoms with Crippen LogP contribution in [0, 0.1) is 0 Å². The van der Waals surface area contributed by atoms with Gasteiger partial charge in [0.1, 0.15) is 0 Å². The van der Waals surface area contributed by atoms with E-state index in [1.807, 2.05) is 42.5 Å². The molecule has 0 atom stereocenters. The zero-order valence-electron chi connectivity index (χ0n) is 15.9. The van der Waals surface area contributed by atoms with E-state index in [1.165, 1.54) is 11.9 Å². The molecule has 3 rings (SSSR count). The second-order valence-electron chi connectivity index (χ2n) is 6.39. The highest BCUT2D eigenvalue weighted by Crippen LogP contribution is 2.14. The van der Waals surface area contributed by atoms with Crippen molar-refractivity contribution in [2.24, 2.45) is 10.3 Å². The van der Waals surface area contributed by atoms with Gasteiger partial charge >= 0.3 is 0 Å². The molecule has 1 aliphatic heterocycles. The third kappa shape index (κ3) is 5.03. The van der Waals surface area contributed by atoms with Crippen molar-refractivity contribution in [3.8, 4) is 0 Å². The normalized spacial score (nSPS) is 13.9. The average Bonchev–Trinajstić information content (AvgIpc) is 3.19. The molecule has 28 heavy (non-hydrogen) atoms. The molecule has 0 unspecified atom stereocenters. The standard InChI is InChI=1S/C21H22N4O3/c1-15(17-8-10-19(11-9-17)22-16(2)26)24-28-14-21(27)25-13-12-20(23-25)18-6-4-3-5-7-18/h3-11H,12-14H2,1-2H3,(H,22,26)/b24-15+. The lowest BCUT2D eigenvalue weighted by atomic mass is 10.1. The number of benzene rings is 2. The van der Waals surface area contributed by atoms with E-state index >= 15 is 0 Å². The van der Waals surface area contributed by atoms with E-state index < -0.39 is 0 Å². The van der Waals surface area contributed by atoms with Gasteiger partial charge in [0, 0.05) is 19.0 Å². The maximum absolute atomic E-state index is 12.3. The first-order valence-corrected chi connectivity index (χ1v) is 9.01. The summed E-state index contributed by atoms with van der Waals surface area (Å²) in [6, 6.07) is 17.0. The van der Waals surface area contributed by atoms with Gasteiger partial charge in [0.2, 0.25) is 5.91 Å². The zero-order chi connectivity index (χ0) is 19.9. The van der Waals surface area contributed by atoms with Gasteiger partial charge in [0.25, 0.3) is 5.91 Å². The van der Waals surface area contributed by atoms with E-state index in [2.05, 4.69) is 15.6 Å². The van der Waals surface area contributed by atoms with Crippen molar-refractivity contribution in [3.63, 3.8) is 0 Å². The molecule has 2 aromatic rings. The van der Waals surface area contributed by atoms with E-state index in [4.69, 9.17) is 4.84 Å². The Morgan fingerprint density at radius 1 is 1.11 bits per heavy atom. The van der Waals surface area contributed by atoms with Crippen LogP contribution in [0.25, 0.3) is 0 Å². The molecule has 2 amide bonds. The van der Waals surface area contributed by atoms with Crippen LogP contribution in [0.1, 0.15) is 31.4 Å². The van der Waals surface area contributed by atoms with Gasteiger partial charge in [-0.15, -0.1) is 0 Å². The third-order valence-corrected chi connectivity index (χ3v) is 4.21. The Kier molecular flexibility index (Phi) is 6.16. The van der Waals surface area contributed by atoms with Crippen molar-refractivity contribution in [1.82, 2.24) is 5.01 Å². The Balaban J connectivity index is 1.53. The number of oxime groups is 1. The average molecular weight is 378 g/mol. The molecular weight excluding hydrogens is 356 g/mol. The summed E-state index contributed by atoms with van der Waals surface area (Å²) < 4.78 is 0. The molecule has 0 saturated carbocycles. The fraction of sp³-hybridized carbons (Fsp3) is 0.238. The lowest BCUT2D eigenvalue weighted by Crippen LogP contribution is -2.27. The van der Waals surface area contributed by atoms with Crippen LogP contribution in [0.15, 0.2) is 64.9 Å². The lowest BCUT2D eigenvalue weighted by molar-refractivity contribution is -0.135. The van der Waals surface area contributed by atoms with E-state index in [1.54, 1.807) is 19.1 Å². The Hall–Kier alpha value is -3.48. The van der Waals surface area contributed by atoms with Crippen LogP contribution in [0.2, 0.25) is 0 Å². The number of carbonyl (C=O) groups is 2. The first-order chi connectivity index (χ1) is 13.5. The lowest BCUT2D eigenvalue weighted by Gasteiger charge is -2.10. The topological polar surface area (TPSA) is 83.4 Å². The fourth-order valence-corrected chi connectivity index (χ4v) is 2.78. The first-order valence-electron chi connectivity index (χ1n) is 9.01. The van der Waals surface area contributed by atoms with Crippen LogP contribution in [0.4, 0.5) is 5.69 Å².